The second-order valence-electron chi connectivity index (χ2n) is 7.14. The van der Waals surface area contributed by atoms with Crippen LogP contribution in [0.25, 0.3) is 0 Å². The van der Waals surface area contributed by atoms with Crippen LogP contribution in [0.1, 0.15) is 40.5 Å². The largest absolute Gasteiger partial charge is 0.507 e. The molecule has 0 saturated carbocycles. The van der Waals surface area contributed by atoms with Crippen LogP contribution in [0, 0.1) is 0 Å². The van der Waals surface area contributed by atoms with Crippen molar-refractivity contribution in [3.05, 3.63) is 59.7 Å². The molecule has 1 aliphatic rings. The van der Waals surface area contributed by atoms with E-state index < -0.39 is 5.97 Å². The molecule has 1 aliphatic heterocycles. The highest BCUT2D eigenvalue weighted by atomic mass is 16.5. The van der Waals surface area contributed by atoms with Gasteiger partial charge in [-0.1, -0.05) is 18.2 Å². The van der Waals surface area contributed by atoms with E-state index in [1.807, 2.05) is 6.07 Å². The number of ether oxygens (including phenoxy) is 1. The number of carbonyl (C=O) groups excluding carboxylic acids is 2. The molecule has 29 heavy (non-hydrogen) atoms. The van der Waals surface area contributed by atoms with Crippen LogP contribution in [0.3, 0.4) is 0 Å². The van der Waals surface area contributed by atoms with Gasteiger partial charge in [0.05, 0.1) is 6.61 Å². The minimum Gasteiger partial charge on any atom is -0.507 e. The first-order valence-corrected chi connectivity index (χ1v) is 10.1. The fourth-order valence-corrected chi connectivity index (χ4v) is 3.56. The number of nitrogens with zero attached hydrogens (tertiary/aromatic N) is 2. The lowest BCUT2D eigenvalue weighted by Gasteiger charge is -2.36. The number of anilines is 1. The molecule has 1 heterocycles. The van der Waals surface area contributed by atoms with Gasteiger partial charge in [-0.3, -0.25) is 9.69 Å². The number of phenols is 1. The summed E-state index contributed by atoms with van der Waals surface area (Å²) in [7, 11) is 0. The Balaban J connectivity index is 1.46. The Morgan fingerprint density at radius 2 is 1.76 bits per heavy atom. The van der Waals surface area contributed by atoms with Crippen LogP contribution < -0.4 is 4.90 Å². The molecule has 0 radical (unpaired) electrons. The molecule has 2 aromatic rings. The molecule has 1 fully saturated rings. The number of phenolic OH excluding ortho intramolecular Hbond substituents is 1. The maximum absolute atomic E-state index is 12.5. The van der Waals surface area contributed by atoms with Gasteiger partial charge in [-0.2, -0.15) is 0 Å². The first-order valence-electron chi connectivity index (χ1n) is 10.1. The molecule has 6 heteroatoms. The Labute approximate surface area is 171 Å². The SMILES string of the molecule is CCOC(=O)c1cc(C(=O)CCCN2CCN(c3ccccc3)CC2)ccc1O. The number of piperazine rings is 1. The minimum atomic E-state index is -0.615. The molecule has 1 saturated heterocycles. The summed E-state index contributed by atoms with van der Waals surface area (Å²) in [5, 5.41) is 9.84. The monoisotopic (exact) mass is 396 g/mol. The number of rotatable bonds is 8. The highest BCUT2D eigenvalue weighted by Gasteiger charge is 2.18. The van der Waals surface area contributed by atoms with Gasteiger partial charge in [-0.15, -0.1) is 0 Å². The number of hydrogen-bond donors (Lipinski definition) is 1. The minimum absolute atomic E-state index is 0.0292. The fourth-order valence-electron chi connectivity index (χ4n) is 3.56. The molecule has 0 amide bonds. The van der Waals surface area contributed by atoms with E-state index in [1.165, 1.54) is 17.8 Å². The van der Waals surface area contributed by atoms with Crippen molar-refractivity contribution in [3.8, 4) is 5.75 Å². The molecule has 0 bridgehead atoms. The zero-order chi connectivity index (χ0) is 20.6. The van der Waals surface area contributed by atoms with Crippen molar-refractivity contribution in [1.82, 2.24) is 4.90 Å². The Morgan fingerprint density at radius 1 is 1.03 bits per heavy atom. The standard InChI is InChI=1S/C23H28N2O4/c1-2-29-23(28)20-17-18(10-11-22(20)27)21(26)9-6-12-24-13-15-25(16-14-24)19-7-4-3-5-8-19/h3-5,7-8,10-11,17,27H,2,6,9,12-16H2,1H3. The van der Waals surface area contributed by atoms with Gasteiger partial charge in [-0.25, -0.2) is 4.79 Å². The van der Waals surface area contributed by atoms with Crippen LogP contribution in [0.5, 0.6) is 5.75 Å². The molecule has 0 atom stereocenters. The molecule has 0 unspecified atom stereocenters. The van der Waals surface area contributed by atoms with Crippen molar-refractivity contribution in [2.45, 2.75) is 19.8 Å². The summed E-state index contributed by atoms with van der Waals surface area (Å²) in [6.45, 7) is 6.72. The van der Waals surface area contributed by atoms with Crippen molar-refractivity contribution >= 4 is 17.4 Å². The predicted molar refractivity (Wildman–Crippen MR) is 113 cm³/mol. The smallest absolute Gasteiger partial charge is 0.341 e. The first-order chi connectivity index (χ1) is 14.1. The Bertz CT molecular complexity index is 830. The zero-order valence-corrected chi connectivity index (χ0v) is 16.8. The zero-order valence-electron chi connectivity index (χ0n) is 16.8. The summed E-state index contributed by atoms with van der Waals surface area (Å²) in [5.74, 6) is -0.814. The van der Waals surface area contributed by atoms with Gasteiger partial charge < -0.3 is 14.7 Å². The van der Waals surface area contributed by atoms with E-state index in [-0.39, 0.29) is 23.7 Å². The van der Waals surface area contributed by atoms with Gasteiger partial charge in [0.15, 0.2) is 5.78 Å². The predicted octanol–water partition coefficient (Wildman–Crippen LogP) is 3.35. The van der Waals surface area contributed by atoms with Crippen LogP contribution in [-0.4, -0.2) is 61.1 Å². The average molecular weight is 396 g/mol. The van der Waals surface area contributed by atoms with Crippen LogP contribution in [0.2, 0.25) is 0 Å². The summed E-state index contributed by atoms with van der Waals surface area (Å²) >= 11 is 0. The molecule has 0 aromatic heterocycles. The number of Topliss-reactive ketones (excluding diaryl/α,β-unsaturated/α-hetero) is 1. The topological polar surface area (TPSA) is 70.1 Å². The number of esters is 1. The van der Waals surface area contributed by atoms with Crippen molar-refractivity contribution in [2.24, 2.45) is 0 Å². The van der Waals surface area contributed by atoms with Gasteiger partial charge in [0.25, 0.3) is 0 Å². The van der Waals surface area contributed by atoms with Crippen LogP contribution in [0.4, 0.5) is 5.69 Å². The molecule has 0 aliphatic carbocycles. The number of carbonyl (C=O) groups is 2. The molecule has 1 N–H and O–H groups in total. The van der Waals surface area contributed by atoms with Crippen LogP contribution in [0.15, 0.2) is 48.5 Å². The highest BCUT2D eigenvalue weighted by Crippen LogP contribution is 2.21. The van der Waals surface area contributed by atoms with E-state index in [1.54, 1.807) is 13.0 Å². The van der Waals surface area contributed by atoms with Crippen LogP contribution >= 0.6 is 0 Å². The van der Waals surface area contributed by atoms with E-state index in [4.69, 9.17) is 4.74 Å². The van der Waals surface area contributed by atoms with Gasteiger partial charge in [-0.05, 0) is 50.2 Å². The first kappa shape index (κ1) is 20.9. The average Bonchev–Trinajstić information content (AvgIpc) is 2.75. The lowest BCUT2D eigenvalue weighted by atomic mass is 10.0. The number of benzene rings is 2. The number of aromatic hydroxyl groups is 1. The Hall–Kier alpha value is -2.86. The van der Waals surface area contributed by atoms with Crippen molar-refractivity contribution < 1.29 is 19.4 Å². The second-order valence-corrected chi connectivity index (χ2v) is 7.14. The van der Waals surface area contributed by atoms with Crippen molar-refractivity contribution in [2.75, 3.05) is 44.2 Å². The lowest BCUT2D eigenvalue weighted by molar-refractivity contribution is 0.0523. The van der Waals surface area contributed by atoms with Crippen LogP contribution in [-0.2, 0) is 4.74 Å². The summed E-state index contributed by atoms with van der Waals surface area (Å²) in [6.07, 6.45) is 1.17. The molecular weight excluding hydrogens is 368 g/mol. The molecule has 0 spiro atoms. The lowest BCUT2D eigenvalue weighted by Crippen LogP contribution is -2.46. The third-order valence-corrected chi connectivity index (χ3v) is 5.19. The van der Waals surface area contributed by atoms with E-state index in [0.717, 1.165) is 39.1 Å². The third kappa shape index (κ3) is 5.57. The molecule has 2 aromatic carbocycles. The van der Waals surface area contributed by atoms with Crippen molar-refractivity contribution in [1.29, 1.82) is 0 Å². The highest BCUT2D eigenvalue weighted by molar-refractivity contribution is 6.00. The fraction of sp³-hybridized carbons (Fsp3) is 0.391. The number of hydrogen-bond acceptors (Lipinski definition) is 6. The number of ketones is 1. The Morgan fingerprint density at radius 3 is 2.45 bits per heavy atom. The maximum Gasteiger partial charge on any atom is 0.341 e. The Kier molecular flexibility index (Phi) is 7.25. The van der Waals surface area contributed by atoms with E-state index in [2.05, 4.69) is 34.1 Å². The normalized spacial score (nSPS) is 14.6. The van der Waals surface area contributed by atoms with Crippen molar-refractivity contribution in [3.63, 3.8) is 0 Å². The van der Waals surface area contributed by atoms with Gasteiger partial charge in [0.1, 0.15) is 11.3 Å². The van der Waals surface area contributed by atoms with Gasteiger partial charge >= 0.3 is 5.97 Å². The molecular formula is C23H28N2O4. The molecule has 3 rings (SSSR count). The third-order valence-electron chi connectivity index (χ3n) is 5.19. The summed E-state index contributed by atoms with van der Waals surface area (Å²) in [6, 6.07) is 14.8. The summed E-state index contributed by atoms with van der Waals surface area (Å²) in [5.41, 5.74) is 1.72. The maximum atomic E-state index is 12.5. The van der Waals surface area contributed by atoms with E-state index >= 15 is 0 Å². The quantitative estimate of drug-likeness (QED) is 0.545. The summed E-state index contributed by atoms with van der Waals surface area (Å²) < 4.78 is 4.92. The second kappa shape index (κ2) is 10.1. The van der Waals surface area contributed by atoms with Gasteiger partial charge in [0, 0.05) is 43.9 Å². The van der Waals surface area contributed by atoms with E-state index in [0.29, 0.717) is 12.0 Å². The van der Waals surface area contributed by atoms with Gasteiger partial charge in [0.2, 0.25) is 0 Å². The van der Waals surface area contributed by atoms with E-state index in [9.17, 15) is 14.7 Å². The molecule has 154 valence electrons. The summed E-state index contributed by atoms with van der Waals surface area (Å²) in [4.78, 5) is 29.2. The number of para-hydroxylation sites is 1. The molecule has 6 nitrogen and oxygen atoms in total.